The Morgan fingerprint density at radius 3 is 2.82 bits per heavy atom. The van der Waals surface area contributed by atoms with Gasteiger partial charge < -0.3 is 15.2 Å². The molecule has 2 heterocycles. The Balaban J connectivity index is 2.17. The van der Waals surface area contributed by atoms with Crippen molar-refractivity contribution in [2.75, 3.05) is 13.2 Å². The number of hydrogen-bond donors (Lipinski definition) is 2. The molecular formula is C16H17Br2NO3. The fourth-order valence-electron chi connectivity index (χ4n) is 3.18. The van der Waals surface area contributed by atoms with Gasteiger partial charge in [0.2, 0.25) is 0 Å². The van der Waals surface area contributed by atoms with Gasteiger partial charge in [0.1, 0.15) is 11.3 Å². The number of aliphatic hydroxyl groups is 1. The zero-order valence-electron chi connectivity index (χ0n) is 12.2. The predicted molar refractivity (Wildman–Crippen MR) is 91.7 cm³/mol. The van der Waals surface area contributed by atoms with Gasteiger partial charge in [-0.3, -0.25) is 4.79 Å². The first-order valence-corrected chi connectivity index (χ1v) is 8.89. The number of nitrogens with one attached hydrogen (secondary N) is 1. The predicted octanol–water partition coefficient (Wildman–Crippen LogP) is 3.72. The fourth-order valence-corrected chi connectivity index (χ4v) is 4.70. The molecule has 3 rings (SSSR count). The molecule has 1 aromatic rings. The zero-order chi connectivity index (χ0) is 15.9. The van der Waals surface area contributed by atoms with Gasteiger partial charge in [0.25, 0.3) is 5.91 Å². The summed E-state index contributed by atoms with van der Waals surface area (Å²) in [6, 6.07) is 3.88. The summed E-state index contributed by atoms with van der Waals surface area (Å²) in [5.41, 5.74) is 1.37. The molecule has 1 atom stereocenters. The molecule has 1 unspecified atom stereocenters. The molecule has 1 fully saturated rings. The summed E-state index contributed by atoms with van der Waals surface area (Å²) in [5, 5.41) is 13.7. The van der Waals surface area contributed by atoms with E-state index in [9.17, 15) is 9.90 Å². The monoisotopic (exact) mass is 429 g/mol. The van der Waals surface area contributed by atoms with Gasteiger partial charge in [0.15, 0.2) is 0 Å². The van der Waals surface area contributed by atoms with Crippen LogP contribution in [0, 0.1) is 0 Å². The maximum Gasteiger partial charge on any atom is 0.256 e. The Bertz CT molecular complexity index is 664. The number of hydrogen-bond acceptors (Lipinski definition) is 3. The number of ether oxygens (including phenoxy) is 1. The summed E-state index contributed by atoms with van der Waals surface area (Å²) in [6.07, 6.45) is 2.28. The SMILES string of the molecule is CCc1cc(Br)cc(Br)c1C1=C(O)C2(CCCOC2)NC1=O. The van der Waals surface area contributed by atoms with E-state index in [0.29, 0.717) is 25.2 Å². The van der Waals surface area contributed by atoms with Crippen LogP contribution in [-0.2, 0) is 16.0 Å². The second-order valence-electron chi connectivity index (χ2n) is 5.69. The molecule has 0 aromatic heterocycles. The highest BCUT2D eigenvalue weighted by Gasteiger charge is 2.47. The number of amides is 1. The van der Waals surface area contributed by atoms with Crippen molar-refractivity contribution < 1.29 is 14.6 Å². The van der Waals surface area contributed by atoms with Gasteiger partial charge in [-0.2, -0.15) is 0 Å². The number of aliphatic hydroxyl groups excluding tert-OH is 1. The summed E-state index contributed by atoms with van der Waals surface area (Å²) in [7, 11) is 0. The van der Waals surface area contributed by atoms with Gasteiger partial charge in [-0.05, 0) is 37.0 Å². The molecule has 1 saturated heterocycles. The Labute approximate surface area is 146 Å². The maximum atomic E-state index is 12.5. The third-order valence-corrected chi connectivity index (χ3v) is 5.36. The molecule has 0 radical (unpaired) electrons. The minimum atomic E-state index is -0.762. The first kappa shape index (κ1) is 16.0. The third-order valence-electron chi connectivity index (χ3n) is 4.28. The van der Waals surface area contributed by atoms with Gasteiger partial charge in [-0.1, -0.05) is 38.8 Å². The smallest absolute Gasteiger partial charge is 0.256 e. The average Bonchev–Trinajstić information content (AvgIpc) is 2.71. The van der Waals surface area contributed by atoms with Crippen LogP contribution in [0.15, 0.2) is 26.8 Å². The summed E-state index contributed by atoms with van der Waals surface area (Å²) in [6.45, 7) is 3.02. The highest BCUT2D eigenvalue weighted by molar-refractivity contribution is 9.11. The van der Waals surface area contributed by atoms with Gasteiger partial charge in [0, 0.05) is 21.1 Å². The van der Waals surface area contributed by atoms with Gasteiger partial charge in [-0.25, -0.2) is 0 Å². The first-order chi connectivity index (χ1) is 10.5. The van der Waals surface area contributed by atoms with Crippen molar-refractivity contribution in [3.63, 3.8) is 0 Å². The fraction of sp³-hybridized carbons (Fsp3) is 0.438. The molecule has 6 heteroatoms. The second kappa shape index (κ2) is 5.98. The van der Waals surface area contributed by atoms with Crippen molar-refractivity contribution in [2.45, 2.75) is 31.7 Å². The molecule has 0 saturated carbocycles. The van der Waals surface area contributed by atoms with E-state index in [1.54, 1.807) is 0 Å². The van der Waals surface area contributed by atoms with Crippen molar-refractivity contribution in [3.8, 4) is 0 Å². The Morgan fingerprint density at radius 2 is 2.18 bits per heavy atom. The van der Waals surface area contributed by atoms with Gasteiger partial charge in [0.05, 0.1) is 12.2 Å². The van der Waals surface area contributed by atoms with Crippen LogP contribution in [0.2, 0.25) is 0 Å². The van der Waals surface area contributed by atoms with E-state index in [2.05, 4.69) is 37.2 Å². The van der Waals surface area contributed by atoms with Crippen molar-refractivity contribution in [1.29, 1.82) is 0 Å². The maximum absolute atomic E-state index is 12.5. The third kappa shape index (κ3) is 2.51. The minimum absolute atomic E-state index is 0.106. The highest BCUT2D eigenvalue weighted by atomic mass is 79.9. The molecule has 1 spiro atoms. The zero-order valence-corrected chi connectivity index (χ0v) is 15.4. The molecule has 2 aliphatic heterocycles. The standard InChI is InChI=1S/C16H17Br2NO3/c1-2-9-6-10(17)7-11(18)12(9)13-14(20)16(19-15(13)21)4-3-5-22-8-16/h6-7,20H,2-5,8H2,1H3,(H,19,21). The molecule has 2 N–H and O–H groups in total. The van der Waals surface area contributed by atoms with Gasteiger partial charge >= 0.3 is 0 Å². The Hall–Kier alpha value is -0.850. The van der Waals surface area contributed by atoms with E-state index in [0.717, 1.165) is 32.9 Å². The molecule has 1 aromatic carbocycles. The molecule has 22 heavy (non-hydrogen) atoms. The number of benzene rings is 1. The van der Waals surface area contributed by atoms with E-state index in [1.165, 1.54) is 0 Å². The average molecular weight is 431 g/mol. The number of carbonyl (C=O) groups excluding carboxylic acids is 1. The molecule has 0 aliphatic carbocycles. The van der Waals surface area contributed by atoms with Crippen LogP contribution < -0.4 is 5.32 Å². The van der Waals surface area contributed by atoms with Crippen LogP contribution in [0.1, 0.15) is 30.9 Å². The van der Waals surface area contributed by atoms with Crippen LogP contribution in [-0.4, -0.2) is 29.8 Å². The summed E-state index contributed by atoms with van der Waals surface area (Å²) < 4.78 is 7.22. The summed E-state index contributed by atoms with van der Waals surface area (Å²) in [5.74, 6) is -0.129. The molecule has 4 nitrogen and oxygen atoms in total. The molecular weight excluding hydrogens is 414 g/mol. The van der Waals surface area contributed by atoms with E-state index in [-0.39, 0.29) is 11.7 Å². The van der Waals surface area contributed by atoms with Crippen LogP contribution >= 0.6 is 31.9 Å². The Kier molecular flexibility index (Phi) is 4.36. The van der Waals surface area contributed by atoms with E-state index in [1.807, 2.05) is 19.1 Å². The highest BCUT2D eigenvalue weighted by Crippen LogP contribution is 2.41. The topological polar surface area (TPSA) is 58.6 Å². The van der Waals surface area contributed by atoms with E-state index < -0.39 is 5.54 Å². The van der Waals surface area contributed by atoms with Crippen LogP contribution in [0.3, 0.4) is 0 Å². The largest absolute Gasteiger partial charge is 0.509 e. The molecule has 0 bridgehead atoms. The van der Waals surface area contributed by atoms with Crippen molar-refractivity contribution in [2.24, 2.45) is 0 Å². The lowest BCUT2D eigenvalue weighted by molar-refractivity contribution is -0.117. The normalized spacial score (nSPS) is 25.0. The second-order valence-corrected chi connectivity index (χ2v) is 7.46. The van der Waals surface area contributed by atoms with Crippen molar-refractivity contribution in [3.05, 3.63) is 38.0 Å². The lowest BCUT2D eigenvalue weighted by Gasteiger charge is -2.33. The van der Waals surface area contributed by atoms with Crippen LogP contribution in [0.5, 0.6) is 0 Å². The first-order valence-electron chi connectivity index (χ1n) is 7.31. The van der Waals surface area contributed by atoms with E-state index in [4.69, 9.17) is 4.74 Å². The van der Waals surface area contributed by atoms with Crippen LogP contribution in [0.4, 0.5) is 0 Å². The lowest BCUT2D eigenvalue weighted by Crippen LogP contribution is -2.50. The quantitative estimate of drug-likeness (QED) is 0.751. The number of carbonyl (C=O) groups is 1. The van der Waals surface area contributed by atoms with Crippen molar-refractivity contribution in [1.82, 2.24) is 5.32 Å². The minimum Gasteiger partial charge on any atom is -0.509 e. The van der Waals surface area contributed by atoms with Crippen LogP contribution in [0.25, 0.3) is 5.57 Å². The number of rotatable bonds is 2. The molecule has 2 aliphatic rings. The van der Waals surface area contributed by atoms with Gasteiger partial charge in [-0.15, -0.1) is 0 Å². The number of aryl methyl sites for hydroxylation is 1. The lowest BCUT2D eigenvalue weighted by atomic mass is 9.89. The van der Waals surface area contributed by atoms with E-state index >= 15 is 0 Å². The van der Waals surface area contributed by atoms with Crippen molar-refractivity contribution >= 4 is 43.3 Å². The summed E-state index contributed by atoms with van der Waals surface area (Å²) in [4.78, 5) is 12.5. The molecule has 1 amide bonds. The number of halogens is 2. The summed E-state index contributed by atoms with van der Waals surface area (Å²) >= 11 is 7.00. The Morgan fingerprint density at radius 1 is 1.41 bits per heavy atom. The molecule has 118 valence electrons.